The van der Waals surface area contributed by atoms with Crippen LogP contribution in [0.3, 0.4) is 0 Å². The summed E-state index contributed by atoms with van der Waals surface area (Å²) >= 11 is 0. The molecule has 2 atom stereocenters. The van der Waals surface area contributed by atoms with Crippen LogP contribution >= 0.6 is 0 Å². The van der Waals surface area contributed by atoms with Gasteiger partial charge in [0.15, 0.2) is 0 Å². The summed E-state index contributed by atoms with van der Waals surface area (Å²) < 4.78 is 11.4. The minimum Gasteiger partial charge on any atom is -0.489 e. The molecule has 0 amide bonds. The first-order valence-electron chi connectivity index (χ1n) is 7.11. The number of ether oxygens (including phenoxy) is 2. The van der Waals surface area contributed by atoms with Crippen molar-refractivity contribution in [2.24, 2.45) is 5.41 Å². The lowest BCUT2D eigenvalue weighted by Gasteiger charge is -2.36. The summed E-state index contributed by atoms with van der Waals surface area (Å²) in [6.07, 6.45) is 3.80. The predicted molar refractivity (Wildman–Crippen MR) is 82.1 cm³/mol. The van der Waals surface area contributed by atoms with Crippen LogP contribution in [0.4, 0.5) is 0 Å². The first kappa shape index (κ1) is 16.9. The van der Waals surface area contributed by atoms with Crippen molar-refractivity contribution in [1.82, 2.24) is 10.3 Å². The summed E-state index contributed by atoms with van der Waals surface area (Å²) in [6, 6.07) is 2.11. The van der Waals surface area contributed by atoms with Crippen LogP contribution in [0.5, 0.6) is 5.75 Å². The van der Waals surface area contributed by atoms with Gasteiger partial charge in [-0.15, -0.1) is 0 Å². The lowest BCUT2D eigenvalue weighted by Crippen LogP contribution is -2.40. The van der Waals surface area contributed by atoms with Gasteiger partial charge >= 0.3 is 0 Å². The molecule has 1 aromatic rings. The van der Waals surface area contributed by atoms with Gasteiger partial charge in [-0.2, -0.15) is 0 Å². The zero-order valence-electron chi connectivity index (χ0n) is 13.7. The first-order valence-corrected chi connectivity index (χ1v) is 7.11. The normalized spacial score (nSPS) is 15.2. The maximum absolute atomic E-state index is 5.72. The molecule has 2 unspecified atom stereocenters. The highest BCUT2D eigenvalue weighted by atomic mass is 16.5. The van der Waals surface area contributed by atoms with E-state index >= 15 is 0 Å². The topological polar surface area (TPSA) is 43.4 Å². The third-order valence-corrected chi connectivity index (χ3v) is 3.19. The molecule has 0 fully saturated rings. The average Bonchev–Trinajstić information content (AvgIpc) is 2.33. The second-order valence-electron chi connectivity index (χ2n) is 6.41. The Morgan fingerprint density at radius 1 is 1.20 bits per heavy atom. The molecule has 0 saturated heterocycles. The van der Waals surface area contributed by atoms with E-state index in [0.717, 1.165) is 11.3 Å². The molecule has 0 aliphatic heterocycles. The number of nitrogens with one attached hydrogen (secondary N) is 1. The van der Waals surface area contributed by atoms with Gasteiger partial charge in [-0.3, -0.25) is 4.98 Å². The van der Waals surface area contributed by atoms with Gasteiger partial charge in [-0.25, -0.2) is 0 Å². The molecule has 1 rings (SSSR count). The fourth-order valence-electron chi connectivity index (χ4n) is 2.42. The molecule has 20 heavy (non-hydrogen) atoms. The van der Waals surface area contributed by atoms with E-state index in [4.69, 9.17) is 9.47 Å². The molecule has 4 nitrogen and oxygen atoms in total. The highest BCUT2D eigenvalue weighted by Gasteiger charge is 2.32. The van der Waals surface area contributed by atoms with Crippen molar-refractivity contribution in [2.75, 3.05) is 14.2 Å². The van der Waals surface area contributed by atoms with E-state index in [1.807, 2.05) is 33.2 Å². The van der Waals surface area contributed by atoms with Gasteiger partial charge in [0.25, 0.3) is 0 Å². The highest BCUT2D eigenvalue weighted by molar-refractivity contribution is 5.27. The van der Waals surface area contributed by atoms with E-state index in [1.54, 1.807) is 13.3 Å². The average molecular weight is 280 g/mol. The number of nitrogens with zero attached hydrogens (tertiary/aromatic N) is 1. The van der Waals surface area contributed by atoms with E-state index in [2.05, 4.69) is 31.1 Å². The summed E-state index contributed by atoms with van der Waals surface area (Å²) in [6.45, 7) is 10.5. The first-order chi connectivity index (χ1) is 9.29. The summed E-state index contributed by atoms with van der Waals surface area (Å²) in [4.78, 5) is 4.28. The quantitative estimate of drug-likeness (QED) is 0.869. The summed E-state index contributed by atoms with van der Waals surface area (Å²) in [5, 5.41) is 3.34. The fraction of sp³-hybridized carbons (Fsp3) is 0.688. The van der Waals surface area contributed by atoms with Crippen LogP contribution in [-0.4, -0.2) is 31.3 Å². The van der Waals surface area contributed by atoms with Crippen LogP contribution in [0.25, 0.3) is 0 Å². The molecule has 0 radical (unpaired) electrons. The SMILES string of the molecule is CNC(c1cncc(OC(C)C)c1)C(OC)C(C)(C)C. The Morgan fingerprint density at radius 2 is 1.85 bits per heavy atom. The van der Waals surface area contributed by atoms with Crippen molar-refractivity contribution >= 4 is 0 Å². The molecule has 0 bridgehead atoms. The third-order valence-electron chi connectivity index (χ3n) is 3.19. The van der Waals surface area contributed by atoms with Gasteiger partial charge in [0.05, 0.1) is 24.4 Å². The Kier molecular flexibility index (Phi) is 5.96. The molecule has 4 heteroatoms. The largest absolute Gasteiger partial charge is 0.489 e. The maximum atomic E-state index is 5.72. The van der Waals surface area contributed by atoms with E-state index < -0.39 is 0 Å². The standard InChI is InChI=1S/C16H28N2O2/c1-11(2)20-13-8-12(9-18-10-13)14(17-6)15(19-7)16(3,4)5/h8-11,14-15,17H,1-7H3. The smallest absolute Gasteiger partial charge is 0.138 e. The van der Waals surface area contributed by atoms with Crippen LogP contribution in [0.15, 0.2) is 18.5 Å². The van der Waals surface area contributed by atoms with Gasteiger partial charge < -0.3 is 14.8 Å². The summed E-state index contributed by atoms with van der Waals surface area (Å²) in [5.74, 6) is 0.793. The number of methoxy groups -OCH3 is 1. The van der Waals surface area contributed by atoms with E-state index in [9.17, 15) is 0 Å². The van der Waals surface area contributed by atoms with Gasteiger partial charge in [-0.05, 0) is 37.9 Å². The number of rotatable bonds is 6. The molecule has 1 N–H and O–H groups in total. The lowest BCUT2D eigenvalue weighted by atomic mass is 9.82. The number of hydrogen-bond acceptors (Lipinski definition) is 4. The zero-order valence-corrected chi connectivity index (χ0v) is 13.7. The van der Waals surface area contributed by atoms with Crippen molar-refractivity contribution in [3.8, 4) is 5.75 Å². The number of aromatic nitrogens is 1. The van der Waals surface area contributed by atoms with Gasteiger partial charge in [0.1, 0.15) is 5.75 Å². The number of hydrogen-bond donors (Lipinski definition) is 1. The Morgan fingerprint density at radius 3 is 2.30 bits per heavy atom. The molecule has 0 aromatic carbocycles. The molecule has 0 aliphatic rings. The third kappa shape index (κ3) is 4.46. The minimum atomic E-state index is 0.0251. The van der Waals surface area contributed by atoms with Crippen molar-refractivity contribution < 1.29 is 9.47 Å². The van der Waals surface area contributed by atoms with E-state index in [0.29, 0.717) is 0 Å². The van der Waals surface area contributed by atoms with Crippen molar-refractivity contribution in [2.45, 2.75) is 52.9 Å². The van der Waals surface area contributed by atoms with Crippen LogP contribution in [0.2, 0.25) is 0 Å². The molecule has 0 spiro atoms. The maximum Gasteiger partial charge on any atom is 0.138 e. The van der Waals surface area contributed by atoms with Crippen molar-refractivity contribution in [3.63, 3.8) is 0 Å². The van der Waals surface area contributed by atoms with Gasteiger partial charge in [-0.1, -0.05) is 20.8 Å². The molecule has 114 valence electrons. The Labute approximate surface area is 122 Å². The second kappa shape index (κ2) is 7.04. The second-order valence-corrected chi connectivity index (χ2v) is 6.41. The highest BCUT2D eigenvalue weighted by Crippen LogP contribution is 2.33. The van der Waals surface area contributed by atoms with Crippen LogP contribution in [0.1, 0.15) is 46.2 Å². The minimum absolute atomic E-state index is 0.0251. The monoisotopic (exact) mass is 280 g/mol. The van der Waals surface area contributed by atoms with E-state index in [1.165, 1.54) is 0 Å². The molecule has 1 heterocycles. The fourth-order valence-corrected chi connectivity index (χ4v) is 2.42. The van der Waals surface area contributed by atoms with Gasteiger partial charge in [0.2, 0.25) is 0 Å². The molecular weight excluding hydrogens is 252 g/mol. The summed E-state index contributed by atoms with van der Waals surface area (Å²) in [5.41, 5.74) is 1.10. The predicted octanol–water partition coefficient (Wildman–Crippen LogP) is 3.19. The Bertz CT molecular complexity index is 413. The zero-order chi connectivity index (χ0) is 15.3. The number of likely N-dealkylation sites (N-methyl/N-ethyl adjacent to an activating group) is 1. The van der Waals surface area contributed by atoms with Gasteiger partial charge in [0, 0.05) is 13.3 Å². The Balaban J connectivity index is 3.05. The lowest BCUT2D eigenvalue weighted by molar-refractivity contribution is -0.0103. The Hall–Kier alpha value is -1.13. The van der Waals surface area contributed by atoms with Crippen molar-refractivity contribution in [1.29, 1.82) is 0 Å². The van der Waals surface area contributed by atoms with Crippen LogP contribution in [-0.2, 0) is 4.74 Å². The van der Waals surface area contributed by atoms with Crippen LogP contribution in [0, 0.1) is 5.41 Å². The molecule has 0 saturated carbocycles. The summed E-state index contributed by atoms with van der Waals surface area (Å²) in [7, 11) is 3.69. The number of pyridine rings is 1. The van der Waals surface area contributed by atoms with E-state index in [-0.39, 0.29) is 23.7 Å². The molecule has 0 aliphatic carbocycles. The van der Waals surface area contributed by atoms with Crippen LogP contribution < -0.4 is 10.1 Å². The van der Waals surface area contributed by atoms with Crippen molar-refractivity contribution in [3.05, 3.63) is 24.0 Å². The molecule has 1 aromatic heterocycles. The molecular formula is C16H28N2O2.